The van der Waals surface area contributed by atoms with Gasteiger partial charge in [-0.3, -0.25) is 0 Å². The van der Waals surface area contributed by atoms with Crippen molar-refractivity contribution in [3.8, 4) is 0 Å². The van der Waals surface area contributed by atoms with E-state index < -0.39 is 16.2 Å². The predicted molar refractivity (Wildman–Crippen MR) is 31.3 cm³/mol. The van der Waals surface area contributed by atoms with Gasteiger partial charge >= 0.3 is 5.51 Å². The van der Waals surface area contributed by atoms with E-state index in [4.69, 9.17) is 0 Å². The van der Waals surface area contributed by atoms with Crippen molar-refractivity contribution >= 4 is 22.5 Å². The molecule has 0 aromatic rings. The second-order valence-corrected chi connectivity index (χ2v) is 2.82. The van der Waals surface area contributed by atoms with E-state index >= 15 is 0 Å². The molecule has 0 amide bonds. The van der Waals surface area contributed by atoms with Crippen LogP contribution in [0.25, 0.3) is 0 Å². The number of nitrogens with one attached hydrogen (secondary N) is 1. The molecule has 1 aliphatic heterocycles. The third-order valence-electron chi connectivity index (χ3n) is 0.658. The minimum atomic E-state index is -4.21. The van der Waals surface area contributed by atoms with Crippen molar-refractivity contribution in [2.45, 2.75) is 5.51 Å². The molecule has 1 unspecified atom stereocenters. The number of halogens is 3. The minimum absolute atomic E-state index is 0.917. The Hall–Kier alpha value is -0.520. The molecule has 0 bridgehead atoms. The van der Waals surface area contributed by atoms with Crippen molar-refractivity contribution in [1.82, 2.24) is 5.32 Å². The van der Waals surface area contributed by atoms with E-state index in [-0.39, 0.29) is 0 Å². The molecular weight excluding hydrogens is 153 g/mol. The van der Waals surface area contributed by atoms with Gasteiger partial charge in [0.1, 0.15) is 6.34 Å². The smallest absolute Gasteiger partial charge is 0.346 e. The monoisotopic (exact) mass is 156 g/mol. The summed E-state index contributed by atoms with van der Waals surface area (Å²) in [6.07, 6.45) is 1.04. The van der Waals surface area contributed by atoms with Crippen LogP contribution in [0, 0.1) is 0 Å². The van der Waals surface area contributed by atoms with Crippen LogP contribution < -0.4 is 5.32 Å². The van der Waals surface area contributed by atoms with Crippen LogP contribution in [-0.4, -0.2) is 17.3 Å². The van der Waals surface area contributed by atoms with E-state index in [0.29, 0.717) is 0 Å². The first kappa shape index (κ1) is 6.60. The number of hydrogen-bond donors (Lipinski definition) is 1. The van der Waals surface area contributed by atoms with E-state index in [1.54, 1.807) is 0 Å². The van der Waals surface area contributed by atoms with Crippen molar-refractivity contribution in [3.63, 3.8) is 0 Å². The van der Waals surface area contributed by atoms with Gasteiger partial charge in [0.2, 0.25) is 0 Å². The van der Waals surface area contributed by atoms with E-state index in [1.807, 2.05) is 0 Å². The maximum atomic E-state index is 11.6. The largest absolute Gasteiger partial charge is 0.457 e. The second kappa shape index (κ2) is 2.02. The molecule has 52 valence electrons. The van der Waals surface area contributed by atoms with Crippen LogP contribution in [0.15, 0.2) is 4.40 Å². The number of rotatable bonds is 0. The van der Waals surface area contributed by atoms with Gasteiger partial charge in [-0.25, -0.2) is 4.40 Å². The third-order valence-corrected chi connectivity index (χ3v) is 1.82. The first-order valence-electron chi connectivity index (χ1n) is 2.02. The third kappa shape index (κ3) is 1.44. The zero-order valence-electron chi connectivity index (χ0n) is 4.14. The van der Waals surface area contributed by atoms with Crippen molar-refractivity contribution in [2.24, 2.45) is 4.40 Å². The van der Waals surface area contributed by atoms with Crippen LogP contribution in [0.4, 0.5) is 13.2 Å². The summed E-state index contributed by atoms with van der Waals surface area (Å²) in [4.78, 5) is 0. The van der Waals surface area contributed by atoms with Crippen LogP contribution >= 0.6 is 10.7 Å². The fourth-order valence-electron chi connectivity index (χ4n) is 0.339. The molecule has 0 saturated heterocycles. The lowest BCUT2D eigenvalue weighted by Crippen LogP contribution is -2.05. The zero-order chi connectivity index (χ0) is 6.91. The molecule has 0 fully saturated rings. The molecule has 1 rings (SSSR count). The van der Waals surface area contributed by atoms with Crippen molar-refractivity contribution < 1.29 is 13.2 Å². The van der Waals surface area contributed by atoms with Gasteiger partial charge in [0.05, 0.1) is 16.2 Å². The highest BCUT2D eigenvalue weighted by atomic mass is 32.2. The summed E-state index contributed by atoms with van der Waals surface area (Å²) >= 11 is 0. The summed E-state index contributed by atoms with van der Waals surface area (Å²) in [5.74, 6) is 0. The summed E-state index contributed by atoms with van der Waals surface area (Å²) in [6, 6.07) is 0. The molecule has 1 heterocycles. The van der Waals surface area contributed by atoms with Gasteiger partial charge in [0, 0.05) is 0 Å². The second-order valence-electron chi connectivity index (χ2n) is 1.28. The molecular formula is C3H3F3N2S. The Morgan fingerprint density at radius 3 is 2.33 bits per heavy atom. The topological polar surface area (TPSA) is 24.4 Å². The summed E-state index contributed by atoms with van der Waals surface area (Å²) in [6.45, 7) is 0. The molecule has 0 aliphatic carbocycles. The van der Waals surface area contributed by atoms with Crippen LogP contribution in [0.3, 0.4) is 0 Å². The standard InChI is InChI=1S/C3H3F3N2S/c4-3(5,6)9-2-7-1-8-9/h1-2H,(H,7,8). The van der Waals surface area contributed by atoms with Crippen LogP contribution in [0.5, 0.6) is 0 Å². The van der Waals surface area contributed by atoms with Crippen LogP contribution in [-0.2, 0) is 0 Å². The molecule has 9 heavy (non-hydrogen) atoms. The van der Waals surface area contributed by atoms with E-state index in [2.05, 4.69) is 9.71 Å². The van der Waals surface area contributed by atoms with Gasteiger partial charge < -0.3 is 5.32 Å². The Bertz CT molecular complexity index is 170. The van der Waals surface area contributed by atoms with Gasteiger partial charge in [-0.1, -0.05) is 0 Å². The van der Waals surface area contributed by atoms with E-state index in [1.165, 1.54) is 0 Å². The average molecular weight is 156 g/mol. The van der Waals surface area contributed by atoms with Gasteiger partial charge in [0.15, 0.2) is 0 Å². The Labute approximate surface area is 51.8 Å². The highest BCUT2D eigenvalue weighted by molar-refractivity contribution is 8.14. The van der Waals surface area contributed by atoms with Gasteiger partial charge in [0.25, 0.3) is 0 Å². The summed E-state index contributed by atoms with van der Waals surface area (Å²) in [5.41, 5.74) is -3.29. The van der Waals surface area contributed by atoms with Gasteiger partial charge in [-0.15, -0.1) is 0 Å². The molecule has 0 spiro atoms. The lowest BCUT2D eigenvalue weighted by atomic mass is 11.2. The maximum absolute atomic E-state index is 11.6. The Kier molecular flexibility index (Phi) is 1.48. The lowest BCUT2D eigenvalue weighted by molar-refractivity contribution is -0.0333. The highest BCUT2D eigenvalue weighted by Gasteiger charge is 2.33. The molecule has 0 aromatic heterocycles. The molecule has 1 N–H and O–H groups in total. The first-order valence-corrected chi connectivity index (χ1v) is 3.27. The van der Waals surface area contributed by atoms with Crippen LogP contribution in [0.1, 0.15) is 0 Å². The maximum Gasteiger partial charge on any atom is 0.457 e. The van der Waals surface area contributed by atoms with Gasteiger partial charge in [-0.05, 0) is 0 Å². The summed E-state index contributed by atoms with van der Waals surface area (Å²) in [5, 5.41) is 2.25. The number of nitrogens with zero attached hydrogens (tertiary/aromatic N) is 1. The van der Waals surface area contributed by atoms with Crippen molar-refractivity contribution in [1.29, 1.82) is 0 Å². The minimum Gasteiger partial charge on any atom is -0.346 e. The number of hydrogen-bond acceptors (Lipinski definition) is 2. The SMILES string of the molecule is FC(F)(F)S1=CNC=N1. The Morgan fingerprint density at radius 1 is 1.44 bits per heavy atom. The summed E-state index contributed by atoms with van der Waals surface area (Å²) < 4.78 is 37.9. The molecule has 1 atom stereocenters. The Balaban J connectivity index is 2.73. The molecule has 2 nitrogen and oxygen atoms in total. The van der Waals surface area contributed by atoms with Crippen LogP contribution in [0.2, 0.25) is 0 Å². The van der Waals surface area contributed by atoms with E-state index in [0.717, 1.165) is 11.8 Å². The van der Waals surface area contributed by atoms with Crippen molar-refractivity contribution in [3.05, 3.63) is 0 Å². The summed E-state index contributed by atoms with van der Waals surface area (Å²) in [7, 11) is -1.91. The molecule has 1 aliphatic rings. The quantitative estimate of drug-likeness (QED) is 0.521. The molecule has 0 aromatic carbocycles. The average Bonchev–Trinajstić information content (AvgIpc) is 2.08. The normalized spacial score (nSPS) is 25.4. The van der Waals surface area contributed by atoms with Crippen molar-refractivity contribution in [2.75, 3.05) is 0 Å². The predicted octanol–water partition coefficient (Wildman–Crippen LogP) is 1.08. The fraction of sp³-hybridized carbons (Fsp3) is 0.333. The molecule has 0 radical (unpaired) electrons. The molecule has 0 saturated carbocycles. The lowest BCUT2D eigenvalue weighted by Gasteiger charge is -2.01. The molecule has 6 heteroatoms. The zero-order valence-corrected chi connectivity index (χ0v) is 4.96. The fourth-order valence-corrected chi connectivity index (χ4v) is 1.02. The number of alkyl halides is 3. The van der Waals surface area contributed by atoms with E-state index in [9.17, 15) is 13.2 Å². The Morgan fingerprint density at radius 2 is 2.11 bits per heavy atom. The first-order chi connectivity index (χ1) is 4.11. The highest BCUT2D eigenvalue weighted by Crippen LogP contribution is 2.37. The van der Waals surface area contributed by atoms with Gasteiger partial charge in [-0.2, -0.15) is 13.2 Å².